The predicted molar refractivity (Wildman–Crippen MR) is 52.3 cm³/mol. The Morgan fingerprint density at radius 1 is 1.29 bits per heavy atom. The largest absolute Gasteiger partial charge is 0.320 e. The van der Waals surface area contributed by atoms with Crippen LogP contribution in [0.25, 0.3) is 0 Å². The molecule has 0 atom stereocenters. The maximum absolute atomic E-state index is 12.5. The molecule has 10 heteroatoms. The maximum atomic E-state index is 12.5. The average Bonchev–Trinajstić information content (AvgIpc) is 2.28. The molecule has 0 aromatic heterocycles. The van der Waals surface area contributed by atoms with Gasteiger partial charge in [0.05, 0.1) is 6.54 Å². The quantitative estimate of drug-likeness (QED) is 0.675. The van der Waals surface area contributed by atoms with Gasteiger partial charge in [-0.25, -0.2) is 8.78 Å². The zero-order valence-electron chi connectivity index (χ0n) is 8.80. The number of rotatable bonds is 5. The highest BCUT2D eigenvalue weighted by atomic mass is 32.2. The summed E-state index contributed by atoms with van der Waals surface area (Å²) in [6.07, 6.45) is -3.90. The van der Waals surface area contributed by atoms with Crippen molar-refractivity contribution in [2.24, 2.45) is 0 Å². The van der Waals surface area contributed by atoms with E-state index in [2.05, 4.69) is 5.32 Å². The van der Waals surface area contributed by atoms with E-state index in [-0.39, 0.29) is 13.1 Å². The van der Waals surface area contributed by atoms with Gasteiger partial charge in [0.2, 0.25) is 0 Å². The van der Waals surface area contributed by atoms with Crippen molar-refractivity contribution in [3.8, 4) is 0 Å². The summed E-state index contributed by atoms with van der Waals surface area (Å²) in [5.74, 6) is -4.36. The van der Waals surface area contributed by atoms with E-state index in [0.717, 1.165) is 4.31 Å². The summed E-state index contributed by atoms with van der Waals surface area (Å²) in [5, 5.41) is 2.88. The first-order valence-electron chi connectivity index (χ1n) is 4.87. The molecule has 0 aromatic rings. The standard InChI is InChI=1S/C7H13F4N3O2S/c8-6(9)7(10,11)5-13-17(15,16)14-3-1-12-2-4-14/h6,12-13H,1-5H2. The predicted octanol–water partition coefficient (Wildman–Crippen LogP) is -0.374. The minimum absolute atomic E-state index is 0.121. The summed E-state index contributed by atoms with van der Waals surface area (Å²) in [4.78, 5) is 0. The Morgan fingerprint density at radius 2 is 1.82 bits per heavy atom. The summed E-state index contributed by atoms with van der Waals surface area (Å²) >= 11 is 0. The van der Waals surface area contributed by atoms with Gasteiger partial charge >= 0.3 is 12.3 Å². The highest BCUT2D eigenvalue weighted by Crippen LogP contribution is 2.21. The van der Waals surface area contributed by atoms with Crippen LogP contribution >= 0.6 is 0 Å². The fourth-order valence-electron chi connectivity index (χ4n) is 1.24. The maximum Gasteiger partial charge on any atom is 0.320 e. The molecule has 5 nitrogen and oxygen atoms in total. The third kappa shape index (κ3) is 4.05. The smallest absolute Gasteiger partial charge is 0.314 e. The van der Waals surface area contributed by atoms with E-state index in [0.29, 0.717) is 13.1 Å². The number of alkyl halides is 4. The van der Waals surface area contributed by atoms with Crippen LogP contribution in [0.5, 0.6) is 0 Å². The molecule has 0 unspecified atom stereocenters. The second kappa shape index (κ2) is 5.46. The summed E-state index contributed by atoms with van der Waals surface area (Å²) in [6.45, 7) is -0.569. The molecule has 0 radical (unpaired) electrons. The molecule has 102 valence electrons. The molecule has 0 aliphatic carbocycles. The van der Waals surface area contributed by atoms with E-state index in [1.807, 2.05) is 0 Å². The zero-order valence-corrected chi connectivity index (χ0v) is 9.61. The highest BCUT2D eigenvalue weighted by Gasteiger charge is 2.42. The van der Waals surface area contributed by atoms with Crippen molar-refractivity contribution in [1.29, 1.82) is 0 Å². The van der Waals surface area contributed by atoms with Crippen LogP contribution < -0.4 is 10.0 Å². The fraction of sp³-hybridized carbons (Fsp3) is 1.00. The first-order chi connectivity index (χ1) is 7.76. The van der Waals surface area contributed by atoms with E-state index in [9.17, 15) is 26.0 Å². The van der Waals surface area contributed by atoms with Gasteiger partial charge in [-0.3, -0.25) is 0 Å². The Hall–Kier alpha value is -0.450. The molecule has 0 amide bonds. The lowest BCUT2D eigenvalue weighted by atomic mass is 10.4. The second-order valence-electron chi connectivity index (χ2n) is 3.54. The zero-order chi connectivity index (χ0) is 13.1. The van der Waals surface area contributed by atoms with E-state index in [1.54, 1.807) is 0 Å². The molecule has 1 fully saturated rings. The van der Waals surface area contributed by atoms with Gasteiger partial charge < -0.3 is 5.32 Å². The Bertz CT molecular complexity index is 343. The molecule has 1 heterocycles. The van der Waals surface area contributed by atoms with Gasteiger partial charge in [-0.1, -0.05) is 0 Å². The van der Waals surface area contributed by atoms with Gasteiger partial charge in [-0.15, -0.1) is 0 Å². The van der Waals surface area contributed by atoms with Crippen LogP contribution in [0.2, 0.25) is 0 Å². The minimum Gasteiger partial charge on any atom is -0.314 e. The molecule has 0 spiro atoms. The topological polar surface area (TPSA) is 61.4 Å². The van der Waals surface area contributed by atoms with Crippen molar-refractivity contribution >= 4 is 10.2 Å². The summed E-state index contributed by atoms with van der Waals surface area (Å²) in [5.41, 5.74) is 0. The van der Waals surface area contributed by atoms with Crippen LogP contribution in [-0.4, -0.2) is 57.8 Å². The van der Waals surface area contributed by atoms with Gasteiger partial charge in [0.25, 0.3) is 10.2 Å². The van der Waals surface area contributed by atoms with Gasteiger partial charge in [0.1, 0.15) is 0 Å². The van der Waals surface area contributed by atoms with Crippen LogP contribution in [0, 0.1) is 0 Å². The lowest BCUT2D eigenvalue weighted by Crippen LogP contribution is -2.52. The molecule has 0 bridgehead atoms. The van der Waals surface area contributed by atoms with E-state index >= 15 is 0 Å². The van der Waals surface area contributed by atoms with Gasteiger partial charge in [-0.05, 0) is 0 Å². The molecule has 1 rings (SSSR count). The van der Waals surface area contributed by atoms with Crippen molar-refractivity contribution in [1.82, 2.24) is 14.3 Å². The SMILES string of the molecule is O=S(=O)(NCC(F)(F)C(F)F)N1CCNCC1. The normalized spacial score (nSPS) is 19.8. The van der Waals surface area contributed by atoms with Crippen LogP contribution in [0.3, 0.4) is 0 Å². The summed E-state index contributed by atoms with van der Waals surface area (Å²) < 4.78 is 74.1. The fourth-order valence-corrected chi connectivity index (χ4v) is 2.46. The molecular formula is C7H13F4N3O2S. The number of nitrogens with zero attached hydrogens (tertiary/aromatic N) is 1. The second-order valence-corrected chi connectivity index (χ2v) is 5.29. The Morgan fingerprint density at radius 3 is 2.29 bits per heavy atom. The monoisotopic (exact) mass is 279 g/mol. The van der Waals surface area contributed by atoms with Gasteiger partial charge in [0, 0.05) is 26.2 Å². The van der Waals surface area contributed by atoms with E-state index in [1.165, 1.54) is 4.72 Å². The van der Waals surface area contributed by atoms with E-state index < -0.39 is 29.1 Å². The molecule has 1 saturated heterocycles. The average molecular weight is 279 g/mol. The lowest BCUT2D eigenvalue weighted by Gasteiger charge is -2.27. The van der Waals surface area contributed by atoms with Crippen molar-refractivity contribution in [2.75, 3.05) is 32.7 Å². The summed E-state index contributed by atoms with van der Waals surface area (Å²) in [6, 6.07) is 0. The van der Waals surface area contributed by atoms with Crippen LogP contribution in [0.15, 0.2) is 0 Å². The number of nitrogens with one attached hydrogen (secondary N) is 2. The first-order valence-corrected chi connectivity index (χ1v) is 6.31. The van der Waals surface area contributed by atoms with Crippen molar-refractivity contribution < 1.29 is 26.0 Å². The van der Waals surface area contributed by atoms with Gasteiger partial charge in [-0.2, -0.15) is 26.2 Å². The molecule has 2 N–H and O–H groups in total. The Labute approximate surface area is 96.3 Å². The molecule has 1 aliphatic rings. The lowest BCUT2D eigenvalue weighted by molar-refractivity contribution is -0.122. The minimum atomic E-state index is -4.36. The Balaban J connectivity index is 2.55. The first kappa shape index (κ1) is 14.6. The number of hydrogen-bond donors (Lipinski definition) is 2. The van der Waals surface area contributed by atoms with Gasteiger partial charge in [0.15, 0.2) is 0 Å². The van der Waals surface area contributed by atoms with E-state index in [4.69, 9.17) is 0 Å². The molecular weight excluding hydrogens is 266 g/mol. The van der Waals surface area contributed by atoms with Crippen molar-refractivity contribution in [2.45, 2.75) is 12.3 Å². The Kier molecular flexibility index (Phi) is 4.69. The molecule has 0 aromatic carbocycles. The van der Waals surface area contributed by atoms with Crippen LogP contribution in [0.1, 0.15) is 0 Å². The third-order valence-electron chi connectivity index (χ3n) is 2.23. The molecule has 0 saturated carbocycles. The van der Waals surface area contributed by atoms with Crippen LogP contribution in [-0.2, 0) is 10.2 Å². The molecule has 1 aliphatic heterocycles. The number of halogens is 4. The number of piperazine rings is 1. The highest BCUT2D eigenvalue weighted by molar-refractivity contribution is 7.87. The molecule has 17 heavy (non-hydrogen) atoms. The number of hydrogen-bond acceptors (Lipinski definition) is 3. The van der Waals surface area contributed by atoms with Crippen LogP contribution in [0.4, 0.5) is 17.6 Å². The summed E-state index contributed by atoms with van der Waals surface area (Å²) in [7, 11) is -4.12. The van der Waals surface area contributed by atoms with Crippen molar-refractivity contribution in [3.63, 3.8) is 0 Å². The third-order valence-corrected chi connectivity index (χ3v) is 3.78. The van der Waals surface area contributed by atoms with Crippen molar-refractivity contribution in [3.05, 3.63) is 0 Å².